The minimum Gasteiger partial charge on any atom is -0.422 e. The van der Waals surface area contributed by atoms with Gasteiger partial charge in [-0.3, -0.25) is 0 Å². The molecule has 0 saturated heterocycles. The summed E-state index contributed by atoms with van der Waals surface area (Å²) in [6.45, 7) is 3.90. The van der Waals surface area contributed by atoms with Crippen LogP contribution in [0.2, 0.25) is 0 Å². The normalized spacial score (nSPS) is 11.2. The fourth-order valence-corrected chi connectivity index (χ4v) is 3.55. The first-order chi connectivity index (χ1) is 13.0. The van der Waals surface area contributed by atoms with E-state index in [1.165, 1.54) is 23.9 Å². The second-order valence-corrected chi connectivity index (χ2v) is 7.04. The van der Waals surface area contributed by atoms with Crippen molar-refractivity contribution in [2.75, 3.05) is 0 Å². The Bertz CT molecular complexity index is 1200. The summed E-state index contributed by atoms with van der Waals surface area (Å²) in [4.78, 5) is 11.9. The Balaban J connectivity index is 1.62. The van der Waals surface area contributed by atoms with Gasteiger partial charge in [0.15, 0.2) is 0 Å². The highest BCUT2D eigenvalue weighted by Gasteiger charge is 2.14. The fourth-order valence-electron chi connectivity index (χ4n) is 2.80. The van der Waals surface area contributed by atoms with Crippen molar-refractivity contribution in [2.24, 2.45) is 0 Å². The molecule has 0 fully saturated rings. The molecule has 2 aromatic carbocycles. The highest BCUT2D eigenvalue weighted by atomic mass is 32.2. The molecule has 0 bridgehead atoms. The number of fused-ring (bicyclic) bond motifs is 1. The first-order valence-electron chi connectivity index (χ1n) is 8.27. The van der Waals surface area contributed by atoms with Gasteiger partial charge in [0.2, 0.25) is 0 Å². The van der Waals surface area contributed by atoms with E-state index in [0.29, 0.717) is 16.6 Å². The van der Waals surface area contributed by atoms with Gasteiger partial charge in [-0.1, -0.05) is 36.0 Å². The molecule has 0 amide bonds. The van der Waals surface area contributed by atoms with E-state index < -0.39 is 11.4 Å². The van der Waals surface area contributed by atoms with Crippen LogP contribution in [-0.2, 0) is 5.75 Å². The third-order valence-electron chi connectivity index (χ3n) is 4.38. The Morgan fingerprint density at radius 3 is 2.70 bits per heavy atom. The van der Waals surface area contributed by atoms with Crippen LogP contribution in [0.3, 0.4) is 0 Å². The van der Waals surface area contributed by atoms with Gasteiger partial charge in [-0.05, 0) is 42.7 Å². The van der Waals surface area contributed by atoms with Crippen molar-refractivity contribution in [3.05, 3.63) is 75.4 Å². The second kappa shape index (κ2) is 7.00. The number of aromatic nitrogens is 2. The lowest BCUT2D eigenvalue weighted by Crippen LogP contribution is -2.01. The minimum atomic E-state index is -0.421. The number of nitrogens with zero attached hydrogens (tertiary/aromatic N) is 2. The first-order valence-corrected chi connectivity index (χ1v) is 9.25. The van der Waals surface area contributed by atoms with Crippen LogP contribution in [0, 0.1) is 19.7 Å². The van der Waals surface area contributed by atoms with Crippen LogP contribution in [0.5, 0.6) is 0 Å². The quantitative estimate of drug-likeness (QED) is 0.370. The van der Waals surface area contributed by atoms with Crippen LogP contribution in [0.15, 0.2) is 61.3 Å². The molecule has 27 heavy (non-hydrogen) atoms. The summed E-state index contributed by atoms with van der Waals surface area (Å²) in [6, 6.07) is 11.6. The van der Waals surface area contributed by atoms with Crippen LogP contribution in [-0.4, -0.2) is 10.2 Å². The lowest BCUT2D eigenvalue weighted by Gasteiger charge is -2.07. The average Bonchev–Trinajstić information content (AvgIpc) is 3.12. The highest BCUT2D eigenvalue weighted by molar-refractivity contribution is 7.98. The molecule has 0 unspecified atom stereocenters. The molecule has 0 radical (unpaired) electrons. The number of hydrogen-bond donors (Lipinski definition) is 0. The van der Waals surface area contributed by atoms with Gasteiger partial charge >= 0.3 is 5.63 Å². The molecule has 4 aromatic rings. The predicted octanol–water partition coefficient (Wildman–Crippen LogP) is 4.89. The standard InChI is InChI=1S/C20H15FN2O3S/c1-11-7-8-14-13(9-17(24)25-18(14)12(11)2)10-27-20-23-22-19(26-20)15-5-3-4-6-16(15)21/h3-9H,10H2,1-2H3. The maximum Gasteiger partial charge on any atom is 0.336 e. The van der Waals surface area contributed by atoms with Crippen molar-refractivity contribution in [3.63, 3.8) is 0 Å². The molecule has 2 heterocycles. The molecular weight excluding hydrogens is 367 g/mol. The molecule has 0 N–H and O–H groups in total. The van der Waals surface area contributed by atoms with Crippen molar-refractivity contribution in [1.29, 1.82) is 0 Å². The van der Waals surface area contributed by atoms with Crippen LogP contribution in [0.4, 0.5) is 4.39 Å². The summed E-state index contributed by atoms with van der Waals surface area (Å²) in [5.74, 6) is 0.151. The van der Waals surface area contributed by atoms with Gasteiger partial charge in [0.05, 0.1) is 5.56 Å². The molecule has 0 aliphatic heterocycles. The zero-order valence-electron chi connectivity index (χ0n) is 14.7. The van der Waals surface area contributed by atoms with Gasteiger partial charge < -0.3 is 8.83 Å². The molecule has 5 nitrogen and oxygen atoms in total. The molecule has 4 rings (SSSR count). The zero-order chi connectivity index (χ0) is 19.0. The van der Waals surface area contributed by atoms with Gasteiger partial charge in [0.1, 0.15) is 11.4 Å². The van der Waals surface area contributed by atoms with E-state index in [1.54, 1.807) is 18.2 Å². The Labute approximate surface area is 158 Å². The summed E-state index contributed by atoms with van der Waals surface area (Å²) in [6.07, 6.45) is 0. The van der Waals surface area contributed by atoms with E-state index in [1.807, 2.05) is 26.0 Å². The van der Waals surface area contributed by atoms with E-state index in [9.17, 15) is 9.18 Å². The van der Waals surface area contributed by atoms with E-state index in [2.05, 4.69) is 10.2 Å². The molecule has 0 atom stereocenters. The molecule has 136 valence electrons. The SMILES string of the molecule is Cc1ccc2c(CSc3nnc(-c4ccccc4F)o3)cc(=O)oc2c1C. The largest absolute Gasteiger partial charge is 0.422 e. The number of aryl methyl sites for hydroxylation is 2. The number of hydrogen-bond acceptors (Lipinski definition) is 6. The lowest BCUT2D eigenvalue weighted by molar-refractivity contribution is 0.463. The Morgan fingerprint density at radius 2 is 1.89 bits per heavy atom. The third kappa shape index (κ3) is 3.38. The monoisotopic (exact) mass is 382 g/mol. The summed E-state index contributed by atoms with van der Waals surface area (Å²) < 4.78 is 24.8. The van der Waals surface area contributed by atoms with Crippen LogP contribution in [0.25, 0.3) is 22.4 Å². The van der Waals surface area contributed by atoms with Gasteiger partial charge in [-0.2, -0.15) is 0 Å². The van der Waals surface area contributed by atoms with Gasteiger partial charge in [0, 0.05) is 17.2 Å². The molecule has 2 aromatic heterocycles. The Hall–Kier alpha value is -2.93. The summed E-state index contributed by atoms with van der Waals surface area (Å²) in [7, 11) is 0. The first kappa shape index (κ1) is 17.5. The minimum absolute atomic E-state index is 0.125. The fraction of sp³-hybridized carbons (Fsp3) is 0.150. The Kier molecular flexibility index (Phi) is 4.53. The zero-order valence-corrected chi connectivity index (χ0v) is 15.5. The van der Waals surface area contributed by atoms with Gasteiger partial charge in [-0.15, -0.1) is 10.2 Å². The van der Waals surface area contributed by atoms with E-state index in [4.69, 9.17) is 8.83 Å². The summed E-state index contributed by atoms with van der Waals surface area (Å²) in [5, 5.41) is 9.05. The smallest absolute Gasteiger partial charge is 0.336 e. The van der Waals surface area contributed by atoms with Crippen LogP contribution < -0.4 is 5.63 Å². The number of rotatable bonds is 4. The number of benzene rings is 2. The van der Waals surface area contributed by atoms with Crippen LogP contribution >= 0.6 is 11.8 Å². The van der Waals surface area contributed by atoms with Crippen molar-refractivity contribution in [3.8, 4) is 11.5 Å². The molecular formula is C20H15FN2O3S. The molecule has 0 saturated carbocycles. The average molecular weight is 382 g/mol. The van der Waals surface area contributed by atoms with E-state index in [0.717, 1.165) is 22.1 Å². The van der Waals surface area contributed by atoms with Crippen molar-refractivity contribution >= 4 is 22.7 Å². The molecule has 0 aliphatic rings. The molecule has 0 spiro atoms. The van der Waals surface area contributed by atoms with Gasteiger partial charge in [-0.25, -0.2) is 9.18 Å². The van der Waals surface area contributed by atoms with Crippen LogP contribution in [0.1, 0.15) is 16.7 Å². The Morgan fingerprint density at radius 1 is 1.07 bits per heavy atom. The van der Waals surface area contributed by atoms with Gasteiger partial charge in [0.25, 0.3) is 11.1 Å². The highest BCUT2D eigenvalue weighted by Crippen LogP contribution is 2.30. The maximum atomic E-state index is 13.8. The summed E-state index contributed by atoms with van der Waals surface area (Å²) >= 11 is 1.29. The van der Waals surface area contributed by atoms with Crippen molar-refractivity contribution in [1.82, 2.24) is 10.2 Å². The topological polar surface area (TPSA) is 69.1 Å². The van der Waals surface area contributed by atoms with Crippen molar-refractivity contribution < 1.29 is 13.2 Å². The second-order valence-electron chi connectivity index (χ2n) is 6.12. The predicted molar refractivity (Wildman–Crippen MR) is 101 cm³/mol. The lowest BCUT2D eigenvalue weighted by atomic mass is 10.0. The summed E-state index contributed by atoms with van der Waals surface area (Å²) in [5.41, 5.74) is 3.27. The van der Waals surface area contributed by atoms with E-state index in [-0.39, 0.29) is 11.5 Å². The van der Waals surface area contributed by atoms with E-state index >= 15 is 0 Å². The number of thioether (sulfide) groups is 1. The maximum absolute atomic E-state index is 13.8. The van der Waals surface area contributed by atoms with Crippen molar-refractivity contribution in [2.45, 2.75) is 24.8 Å². The molecule has 7 heteroatoms. The third-order valence-corrected chi connectivity index (χ3v) is 5.25. The molecule has 0 aliphatic carbocycles. The number of halogens is 1.